The van der Waals surface area contributed by atoms with Crippen LogP contribution in [-0.2, 0) is 19.6 Å². The number of ether oxygens (including phenoxy) is 1. The van der Waals surface area contributed by atoms with Crippen LogP contribution in [0.1, 0.15) is 18.9 Å². The summed E-state index contributed by atoms with van der Waals surface area (Å²) in [6, 6.07) is 18.7. The van der Waals surface area contributed by atoms with Gasteiger partial charge < -0.3 is 0 Å². The Labute approximate surface area is 137 Å². The third kappa shape index (κ3) is 5.58. The molecule has 0 saturated carbocycles. The molecule has 0 spiro atoms. The molecule has 0 aliphatic rings. The second-order valence-electron chi connectivity index (χ2n) is 5.00. The molecule has 118 valence electrons. The van der Waals surface area contributed by atoms with Crippen LogP contribution in [0, 0.1) is 0 Å². The van der Waals surface area contributed by atoms with Gasteiger partial charge in [0.25, 0.3) is 0 Å². The molecule has 2 aromatic carbocycles. The van der Waals surface area contributed by atoms with Crippen molar-refractivity contribution in [2.75, 3.05) is 6.61 Å². The number of hydrogen-bond acceptors (Lipinski definition) is 3. The summed E-state index contributed by atoms with van der Waals surface area (Å²) >= 11 is -0.468. The number of hydrogen-bond donors (Lipinski definition) is 0. The van der Waals surface area contributed by atoms with Crippen molar-refractivity contribution in [2.24, 2.45) is 0 Å². The van der Waals surface area contributed by atoms with Crippen molar-refractivity contribution in [1.82, 2.24) is 0 Å². The fourth-order valence-electron chi connectivity index (χ4n) is 1.92. The third-order valence-corrected chi connectivity index (χ3v) is 9.90. The Hall–Kier alpha value is -1.13. The second kappa shape index (κ2) is 8.49. The van der Waals surface area contributed by atoms with Crippen molar-refractivity contribution < 1.29 is 13.2 Å². The summed E-state index contributed by atoms with van der Waals surface area (Å²) in [5.41, 5.74) is 1.14. The monoisotopic (exact) mass is 384 g/mol. The molecule has 0 saturated heterocycles. The van der Waals surface area contributed by atoms with Gasteiger partial charge in [-0.05, 0) is 0 Å². The zero-order valence-electron chi connectivity index (χ0n) is 12.5. The van der Waals surface area contributed by atoms with Gasteiger partial charge in [0.1, 0.15) is 0 Å². The summed E-state index contributed by atoms with van der Waals surface area (Å²) in [6.07, 6.45) is 0.763. The first kappa shape index (κ1) is 17.2. The standard InChI is InChI=1S/C17H20O3SSe/c1-15(12-13-20-14-16-8-4-2-5-9-16)22-21(18,19)17-10-6-3-7-11-17/h2-11,15H,12-14H2,1H3. The van der Waals surface area contributed by atoms with E-state index in [-0.39, 0.29) is 4.82 Å². The van der Waals surface area contributed by atoms with Gasteiger partial charge in [-0.15, -0.1) is 0 Å². The first-order valence-corrected chi connectivity index (χ1v) is 11.7. The van der Waals surface area contributed by atoms with Crippen molar-refractivity contribution in [3.63, 3.8) is 0 Å². The van der Waals surface area contributed by atoms with Crippen LogP contribution in [0.2, 0.25) is 4.82 Å². The van der Waals surface area contributed by atoms with E-state index in [1.165, 1.54) is 0 Å². The fourth-order valence-corrected chi connectivity index (χ4v) is 7.98. The molecule has 0 radical (unpaired) electrons. The summed E-state index contributed by atoms with van der Waals surface area (Å²) in [6.45, 7) is 3.14. The Balaban J connectivity index is 1.75. The fraction of sp³-hybridized carbons (Fsp3) is 0.294. The molecule has 3 nitrogen and oxygen atoms in total. The number of rotatable bonds is 8. The van der Waals surface area contributed by atoms with Gasteiger partial charge >= 0.3 is 138 Å². The first-order chi connectivity index (χ1) is 10.6. The van der Waals surface area contributed by atoms with Crippen molar-refractivity contribution >= 4 is 22.1 Å². The molecular weight excluding hydrogens is 363 g/mol. The van der Waals surface area contributed by atoms with Crippen LogP contribution < -0.4 is 0 Å². The van der Waals surface area contributed by atoms with E-state index in [1.807, 2.05) is 43.3 Å². The average Bonchev–Trinajstić information content (AvgIpc) is 2.53. The Kier molecular flexibility index (Phi) is 6.65. The van der Waals surface area contributed by atoms with Crippen molar-refractivity contribution in [3.8, 4) is 0 Å². The van der Waals surface area contributed by atoms with Gasteiger partial charge in [-0.1, -0.05) is 0 Å². The quantitative estimate of drug-likeness (QED) is 0.518. The van der Waals surface area contributed by atoms with Gasteiger partial charge in [-0.25, -0.2) is 0 Å². The molecule has 0 fully saturated rings. The molecule has 0 heterocycles. The number of benzene rings is 2. The normalized spacial score (nSPS) is 13.0. The minimum atomic E-state index is -3.14. The molecule has 0 aliphatic heterocycles. The van der Waals surface area contributed by atoms with Gasteiger partial charge in [0.05, 0.1) is 0 Å². The molecular formula is C17H20O3SSe. The van der Waals surface area contributed by atoms with Gasteiger partial charge in [0.15, 0.2) is 0 Å². The van der Waals surface area contributed by atoms with E-state index in [0.29, 0.717) is 18.1 Å². The summed E-state index contributed by atoms with van der Waals surface area (Å²) in [7, 11) is -3.14. The molecule has 22 heavy (non-hydrogen) atoms. The van der Waals surface area contributed by atoms with Crippen LogP contribution in [0.4, 0.5) is 0 Å². The maximum absolute atomic E-state index is 12.3. The zero-order valence-corrected chi connectivity index (χ0v) is 15.0. The molecule has 0 aliphatic carbocycles. The van der Waals surface area contributed by atoms with Crippen molar-refractivity contribution in [3.05, 3.63) is 66.2 Å². The van der Waals surface area contributed by atoms with Crippen LogP contribution in [0.5, 0.6) is 0 Å². The van der Waals surface area contributed by atoms with Crippen LogP contribution in [0.3, 0.4) is 0 Å². The van der Waals surface area contributed by atoms with Crippen molar-refractivity contribution in [1.29, 1.82) is 0 Å². The van der Waals surface area contributed by atoms with Crippen LogP contribution in [-0.4, -0.2) is 28.9 Å². The molecule has 0 aromatic heterocycles. The van der Waals surface area contributed by atoms with E-state index in [4.69, 9.17) is 4.74 Å². The molecule has 0 bridgehead atoms. The molecule has 1 atom stereocenters. The molecule has 0 amide bonds. The van der Waals surface area contributed by atoms with Crippen LogP contribution in [0.15, 0.2) is 65.6 Å². The molecule has 2 rings (SSSR count). The SMILES string of the molecule is CC(CCOCc1ccccc1)[Se]S(=O)(=O)c1ccccc1. The Morgan fingerprint density at radius 3 is 2.23 bits per heavy atom. The average molecular weight is 383 g/mol. The van der Waals surface area contributed by atoms with Gasteiger partial charge in [0.2, 0.25) is 0 Å². The second-order valence-corrected chi connectivity index (χ2v) is 12.2. The van der Waals surface area contributed by atoms with Gasteiger partial charge in [-0.2, -0.15) is 0 Å². The topological polar surface area (TPSA) is 43.4 Å². The predicted octanol–water partition coefficient (Wildman–Crippen LogP) is 3.49. The summed E-state index contributed by atoms with van der Waals surface area (Å²) in [4.78, 5) is 0.556. The summed E-state index contributed by atoms with van der Waals surface area (Å²) in [5, 5.41) is 0. The minimum absolute atomic E-state index is 0.133. The first-order valence-electron chi connectivity index (χ1n) is 7.18. The Morgan fingerprint density at radius 1 is 1.00 bits per heavy atom. The van der Waals surface area contributed by atoms with E-state index < -0.39 is 22.1 Å². The van der Waals surface area contributed by atoms with E-state index in [2.05, 4.69) is 0 Å². The van der Waals surface area contributed by atoms with Crippen LogP contribution in [0.25, 0.3) is 0 Å². The zero-order chi connectivity index (χ0) is 15.8. The predicted molar refractivity (Wildman–Crippen MR) is 89.5 cm³/mol. The van der Waals surface area contributed by atoms with E-state index in [0.717, 1.165) is 12.0 Å². The maximum atomic E-state index is 12.3. The van der Waals surface area contributed by atoms with Crippen LogP contribution >= 0.6 is 0 Å². The third-order valence-electron chi connectivity index (χ3n) is 3.10. The van der Waals surface area contributed by atoms with Crippen molar-refractivity contribution in [2.45, 2.75) is 29.7 Å². The van der Waals surface area contributed by atoms with E-state index >= 15 is 0 Å². The van der Waals surface area contributed by atoms with E-state index in [9.17, 15) is 8.42 Å². The molecule has 1 unspecified atom stereocenters. The molecule has 5 heteroatoms. The van der Waals surface area contributed by atoms with Gasteiger partial charge in [0, 0.05) is 0 Å². The summed E-state index contributed by atoms with van der Waals surface area (Å²) < 4.78 is 30.2. The Morgan fingerprint density at radius 2 is 1.59 bits per heavy atom. The Bertz CT molecular complexity index is 657. The molecule has 2 aromatic rings. The van der Waals surface area contributed by atoms with Gasteiger partial charge in [-0.3, -0.25) is 0 Å². The van der Waals surface area contributed by atoms with E-state index in [1.54, 1.807) is 24.3 Å². The summed E-state index contributed by atoms with van der Waals surface area (Å²) in [5.74, 6) is 0. The molecule has 0 N–H and O–H groups in total.